The highest BCUT2D eigenvalue weighted by molar-refractivity contribution is 5.85. The van der Waals surface area contributed by atoms with Gasteiger partial charge in [-0.25, -0.2) is 4.39 Å². The molecular formula is C19H23FN4O. The molecule has 0 unspecified atom stereocenters. The van der Waals surface area contributed by atoms with E-state index in [0.29, 0.717) is 0 Å². The van der Waals surface area contributed by atoms with Crippen molar-refractivity contribution >= 4 is 5.91 Å². The van der Waals surface area contributed by atoms with Crippen LogP contribution in [0.25, 0.3) is 0 Å². The number of halogens is 1. The predicted octanol–water partition coefficient (Wildman–Crippen LogP) is 2.25. The predicted molar refractivity (Wildman–Crippen MR) is 92.3 cm³/mol. The van der Waals surface area contributed by atoms with Crippen molar-refractivity contribution < 1.29 is 9.18 Å². The van der Waals surface area contributed by atoms with Gasteiger partial charge in [0.2, 0.25) is 0 Å². The van der Waals surface area contributed by atoms with Crippen LogP contribution in [-0.4, -0.2) is 51.7 Å². The molecule has 6 heteroatoms. The zero-order valence-corrected chi connectivity index (χ0v) is 14.3. The minimum Gasteiger partial charge on any atom is -0.340 e. The lowest BCUT2D eigenvalue weighted by Crippen LogP contribution is -2.59. The van der Waals surface area contributed by atoms with Crippen LogP contribution in [0.4, 0.5) is 4.39 Å². The average molecular weight is 342 g/mol. The second-order valence-corrected chi connectivity index (χ2v) is 7.03. The van der Waals surface area contributed by atoms with Crippen LogP contribution < -0.4 is 0 Å². The van der Waals surface area contributed by atoms with Gasteiger partial charge in [0.15, 0.2) is 0 Å². The Morgan fingerprint density at radius 2 is 1.84 bits per heavy atom. The van der Waals surface area contributed by atoms with Crippen molar-refractivity contribution in [1.82, 2.24) is 19.6 Å². The summed E-state index contributed by atoms with van der Waals surface area (Å²) in [6.07, 6.45) is 6.26. The Bertz CT molecular complexity index is 716. The summed E-state index contributed by atoms with van der Waals surface area (Å²) in [6, 6.07) is 8.54. The van der Waals surface area contributed by atoms with E-state index in [1.807, 2.05) is 34.0 Å². The molecule has 0 spiro atoms. The minimum atomic E-state index is -0.552. The fourth-order valence-corrected chi connectivity index (χ4v) is 3.81. The van der Waals surface area contributed by atoms with E-state index >= 15 is 0 Å². The quantitative estimate of drug-likeness (QED) is 0.856. The first-order chi connectivity index (χ1) is 12.2. The van der Waals surface area contributed by atoms with E-state index in [1.165, 1.54) is 12.1 Å². The first-order valence-corrected chi connectivity index (χ1v) is 8.94. The Morgan fingerprint density at radius 1 is 1.12 bits per heavy atom. The van der Waals surface area contributed by atoms with E-state index in [-0.39, 0.29) is 11.7 Å². The van der Waals surface area contributed by atoms with Crippen molar-refractivity contribution in [3.05, 3.63) is 54.1 Å². The fourth-order valence-electron chi connectivity index (χ4n) is 3.81. The van der Waals surface area contributed by atoms with E-state index in [2.05, 4.69) is 10.00 Å². The molecule has 0 aliphatic carbocycles. The molecule has 2 aliphatic heterocycles. The molecule has 1 amide bonds. The van der Waals surface area contributed by atoms with Crippen LogP contribution in [0.15, 0.2) is 42.7 Å². The molecule has 0 atom stereocenters. The minimum absolute atomic E-state index is 0.208. The number of likely N-dealkylation sites (tertiary alicyclic amines) is 2. The Kier molecular flexibility index (Phi) is 4.29. The molecule has 0 N–H and O–H groups in total. The third-order valence-electron chi connectivity index (χ3n) is 5.49. The highest BCUT2D eigenvalue weighted by Crippen LogP contribution is 2.33. The Balaban J connectivity index is 1.48. The first-order valence-electron chi connectivity index (χ1n) is 8.94. The van der Waals surface area contributed by atoms with Gasteiger partial charge in [0, 0.05) is 45.1 Å². The van der Waals surface area contributed by atoms with Gasteiger partial charge in [0.05, 0.1) is 0 Å². The zero-order chi connectivity index (χ0) is 17.3. The van der Waals surface area contributed by atoms with Crippen molar-refractivity contribution in [2.75, 3.05) is 26.2 Å². The topological polar surface area (TPSA) is 41.4 Å². The number of hydrogen-bond donors (Lipinski definition) is 0. The molecule has 3 heterocycles. The van der Waals surface area contributed by atoms with Gasteiger partial charge in [-0.1, -0.05) is 12.1 Å². The van der Waals surface area contributed by atoms with Gasteiger partial charge in [-0.2, -0.15) is 5.10 Å². The van der Waals surface area contributed by atoms with Crippen LogP contribution >= 0.6 is 0 Å². The molecule has 1 aromatic heterocycles. The van der Waals surface area contributed by atoms with E-state index in [4.69, 9.17) is 0 Å². The number of hydrogen-bond acceptors (Lipinski definition) is 3. The molecule has 4 rings (SSSR count). The van der Waals surface area contributed by atoms with E-state index < -0.39 is 5.54 Å². The van der Waals surface area contributed by atoms with Crippen LogP contribution in [0.2, 0.25) is 0 Å². The lowest BCUT2D eigenvalue weighted by molar-refractivity contribution is -0.148. The molecule has 1 aromatic carbocycles. The van der Waals surface area contributed by atoms with E-state index in [9.17, 15) is 9.18 Å². The third-order valence-corrected chi connectivity index (χ3v) is 5.49. The summed E-state index contributed by atoms with van der Waals surface area (Å²) in [5.41, 5.74) is 0.547. The largest absolute Gasteiger partial charge is 0.340 e. The highest BCUT2D eigenvalue weighted by Gasteiger charge is 2.46. The van der Waals surface area contributed by atoms with Crippen molar-refractivity contribution in [3.63, 3.8) is 0 Å². The summed E-state index contributed by atoms with van der Waals surface area (Å²) in [7, 11) is 0. The Morgan fingerprint density at radius 3 is 2.40 bits per heavy atom. The molecule has 25 heavy (non-hydrogen) atoms. The van der Waals surface area contributed by atoms with Crippen molar-refractivity contribution in [1.29, 1.82) is 0 Å². The first kappa shape index (κ1) is 16.3. The fraction of sp³-hybridized carbons (Fsp3) is 0.474. The maximum atomic E-state index is 13.1. The van der Waals surface area contributed by atoms with Gasteiger partial charge in [-0.15, -0.1) is 0 Å². The molecule has 2 aliphatic rings. The van der Waals surface area contributed by atoms with Crippen molar-refractivity contribution in [3.8, 4) is 0 Å². The van der Waals surface area contributed by atoms with Gasteiger partial charge in [-0.3, -0.25) is 14.4 Å². The van der Waals surface area contributed by atoms with Gasteiger partial charge < -0.3 is 4.90 Å². The van der Waals surface area contributed by atoms with E-state index in [1.54, 1.807) is 6.20 Å². The van der Waals surface area contributed by atoms with Crippen molar-refractivity contribution in [2.45, 2.75) is 31.3 Å². The van der Waals surface area contributed by atoms with Crippen LogP contribution in [0, 0.1) is 5.82 Å². The lowest BCUT2D eigenvalue weighted by Gasteiger charge is -2.45. The number of aromatic nitrogens is 2. The van der Waals surface area contributed by atoms with Gasteiger partial charge in [0.1, 0.15) is 11.4 Å². The number of piperidine rings is 1. The number of benzene rings is 1. The number of carbonyl (C=O) groups is 1. The summed E-state index contributed by atoms with van der Waals surface area (Å²) in [5.74, 6) is 0.00382. The molecule has 0 radical (unpaired) electrons. The average Bonchev–Trinajstić information content (AvgIpc) is 3.11. The molecule has 0 saturated carbocycles. The van der Waals surface area contributed by atoms with E-state index in [0.717, 1.165) is 57.5 Å². The maximum Gasteiger partial charge on any atom is 0.250 e. The number of rotatable bonds is 4. The zero-order valence-electron chi connectivity index (χ0n) is 14.3. The summed E-state index contributed by atoms with van der Waals surface area (Å²) >= 11 is 0. The molecule has 2 aromatic rings. The lowest BCUT2D eigenvalue weighted by atomic mass is 9.85. The monoisotopic (exact) mass is 342 g/mol. The van der Waals surface area contributed by atoms with Crippen LogP contribution in [0.1, 0.15) is 24.8 Å². The van der Waals surface area contributed by atoms with Crippen LogP contribution in [-0.2, 0) is 16.9 Å². The second-order valence-electron chi connectivity index (χ2n) is 7.03. The summed E-state index contributed by atoms with van der Waals surface area (Å²) in [5, 5.41) is 4.40. The van der Waals surface area contributed by atoms with Crippen molar-refractivity contribution in [2.24, 2.45) is 0 Å². The SMILES string of the molecule is O=C(N1CCC1)C1(n2cccn2)CCN(Cc2ccc(F)cc2)CC1. The smallest absolute Gasteiger partial charge is 0.250 e. The van der Waals surface area contributed by atoms with Crippen LogP contribution in [0.3, 0.4) is 0 Å². The number of amides is 1. The molecule has 5 nitrogen and oxygen atoms in total. The summed E-state index contributed by atoms with van der Waals surface area (Å²) in [6.45, 7) is 4.17. The Hall–Kier alpha value is -2.21. The molecular weight excluding hydrogens is 319 g/mol. The summed E-state index contributed by atoms with van der Waals surface area (Å²) in [4.78, 5) is 17.4. The molecule has 132 valence electrons. The van der Waals surface area contributed by atoms with Gasteiger partial charge in [0.25, 0.3) is 5.91 Å². The van der Waals surface area contributed by atoms with Gasteiger partial charge >= 0.3 is 0 Å². The summed E-state index contributed by atoms with van der Waals surface area (Å²) < 4.78 is 14.9. The standard InChI is InChI=1S/C19H23FN4O/c20-17-5-3-16(4-6-17)15-22-13-7-19(8-14-22,24-12-1-9-21-24)18(25)23-10-2-11-23/h1,3-6,9,12H,2,7-8,10-11,13-15H2. The normalized spacial score (nSPS) is 20.3. The third kappa shape index (κ3) is 3.06. The number of carbonyl (C=O) groups excluding carboxylic acids is 1. The Labute approximate surface area is 147 Å². The van der Waals surface area contributed by atoms with Crippen LogP contribution in [0.5, 0.6) is 0 Å². The highest BCUT2D eigenvalue weighted by atomic mass is 19.1. The van der Waals surface area contributed by atoms with Gasteiger partial charge in [-0.05, 0) is 43.0 Å². The molecule has 0 bridgehead atoms. The molecule has 2 fully saturated rings. The second kappa shape index (κ2) is 6.59. The molecule has 2 saturated heterocycles. The number of nitrogens with zero attached hydrogens (tertiary/aromatic N) is 4. The maximum absolute atomic E-state index is 13.1.